The van der Waals surface area contributed by atoms with Gasteiger partial charge >= 0.3 is 0 Å². The van der Waals surface area contributed by atoms with E-state index in [1.807, 2.05) is 0 Å². The Labute approximate surface area is 75.7 Å². The molecule has 2 rings (SSSR count). The molecule has 0 heterocycles. The molecule has 1 spiro atoms. The summed E-state index contributed by atoms with van der Waals surface area (Å²) < 4.78 is 0. The van der Waals surface area contributed by atoms with E-state index in [0.717, 1.165) is 5.92 Å². The van der Waals surface area contributed by atoms with Gasteiger partial charge in [0.2, 0.25) is 0 Å². The SMILES string of the molecule is CCCC1CCC2(CC1)CC2N. The van der Waals surface area contributed by atoms with Crippen LogP contribution in [0.1, 0.15) is 51.9 Å². The molecule has 0 aliphatic heterocycles. The van der Waals surface area contributed by atoms with Crippen LogP contribution in [0.5, 0.6) is 0 Å². The van der Waals surface area contributed by atoms with Crippen molar-refractivity contribution < 1.29 is 0 Å². The molecule has 0 radical (unpaired) electrons. The topological polar surface area (TPSA) is 26.0 Å². The second-order valence-corrected chi connectivity index (χ2v) is 4.91. The van der Waals surface area contributed by atoms with Crippen LogP contribution in [0.25, 0.3) is 0 Å². The molecule has 0 bridgehead atoms. The van der Waals surface area contributed by atoms with E-state index in [1.165, 1.54) is 44.9 Å². The van der Waals surface area contributed by atoms with Gasteiger partial charge in [-0.2, -0.15) is 0 Å². The average molecular weight is 167 g/mol. The Kier molecular flexibility index (Phi) is 2.16. The lowest BCUT2D eigenvalue weighted by atomic mass is 9.78. The first-order chi connectivity index (χ1) is 5.77. The maximum absolute atomic E-state index is 5.95. The van der Waals surface area contributed by atoms with Crippen LogP contribution in [0.4, 0.5) is 0 Å². The largest absolute Gasteiger partial charge is 0.327 e. The highest BCUT2D eigenvalue weighted by Crippen LogP contribution is 2.56. The Morgan fingerprint density at radius 1 is 1.33 bits per heavy atom. The van der Waals surface area contributed by atoms with Gasteiger partial charge < -0.3 is 5.73 Å². The second-order valence-electron chi connectivity index (χ2n) is 4.91. The highest BCUT2D eigenvalue weighted by molar-refractivity contribution is 5.07. The predicted molar refractivity (Wildman–Crippen MR) is 51.9 cm³/mol. The molecule has 12 heavy (non-hydrogen) atoms. The Hall–Kier alpha value is -0.0400. The summed E-state index contributed by atoms with van der Waals surface area (Å²) in [5.41, 5.74) is 6.59. The van der Waals surface area contributed by atoms with Gasteiger partial charge in [-0.1, -0.05) is 19.8 Å². The fourth-order valence-corrected chi connectivity index (χ4v) is 2.90. The standard InChI is InChI=1S/C11H21N/c1-2-3-9-4-6-11(7-5-9)8-10(11)12/h9-10H,2-8,12H2,1H3. The highest BCUT2D eigenvalue weighted by Gasteiger charge is 2.52. The number of nitrogens with two attached hydrogens (primary N) is 1. The molecule has 1 nitrogen and oxygen atoms in total. The summed E-state index contributed by atoms with van der Waals surface area (Å²) in [5, 5.41) is 0. The summed E-state index contributed by atoms with van der Waals surface area (Å²) in [5.74, 6) is 1.04. The molecule has 0 aromatic rings. The Morgan fingerprint density at radius 2 is 1.92 bits per heavy atom. The van der Waals surface area contributed by atoms with Gasteiger partial charge in [0.05, 0.1) is 0 Å². The molecule has 2 saturated carbocycles. The smallest absolute Gasteiger partial charge is 0.0102 e. The molecule has 1 heteroatoms. The second kappa shape index (κ2) is 3.02. The zero-order valence-electron chi connectivity index (χ0n) is 8.18. The van der Waals surface area contributed by atoms with Gasteiger partial charge in [0.1, 0.15) is 0 Å². The van der Waals surface area contributed by atoms with Crippen molar-refractivity contribution in [3.05, 3.63) is 0 Å². The van der Waals surface area contributed by atoms with E-state index in [1.54, 1.807) is 0 Å². The molecular formula is C11H21N. The van der Waals surface area contributed by atoms with Crippen molar-refractivity contribution in [2.45, 2.75) is 57.9 Å². The molecule has 1 unspecified atom stereocenters. The van der Waals surface area contributed by atoms with Gasteiger partial charge in [-0.25, -0.2) is 0 Å². The third kappa shape index (κ3) is 1.39. The van der Waals surface area contributed by atoms with E-state index >= 15 is 0 Å². The first kappa shape index (κ1) is 8.55. The van der Waals surface area contributed by atoms with E-state index in [0.29, 0.717) is 11.5 Å². The normalized spacial score (nSPS) is 46.5. The van der Waals surface area contributed by atoms with Gasteiger partial charge in [0.25, 0.3) is 0 Å². The molecule has 2 aliphatic rings. The van der Waals surface area contributed by atoms with Gasteiger partial charge in [0.15, 0.2) is 0 Å². The van der Waals surface area contributed by atoms with Crippen molar-refractivity contribution in [1.29, 1.82) is 0 Å². The molecule has 0 saturated heterocycles. The average Bonchev–Trinajstić information content (AvgIpc) is 2.68. The van der Waals surface area contributed by atoms with E-state index in [2.05, 4.69) is 6.92 Å². The van der Waals surface area contributed by atoms with Crippen LogP contribution < -0.4 is 5.73 Å². The van der Waals surface area contributed by atoms with Crippen LogP contribution in [-0.4, -0.2) is 6.04 Å². The van der Waals surface area contributed by atoms with Crippen molar-refractivity contribution in [3.8, 4) is 0 Å². The number of hydrogen-bond acceptors (Lipinski definition) is 1. The summed E-state index contributed by atoms with van der Waals surface area (Å²) in [6.07, 6.45) is 9.92. The summed E-state index contributed by atoms with van der Waals surface area (Å²) in [6.45, 7) is 2.30. The third-order valence-electron chi connectivity index (χ3n) is 4.05. The Morgan fingerprint density at radius 3 is 2.33 bits per heavy atom. The minimum absolute atomic E-state index is 0.570. The fourth-order valence-electron chi connectivity index (χ4n) is 2.90. The summed E-state index contributed by atoms with van der Waals surface area (Å²) in [6, 6.07) is 0.570. The van der Waals surface area contributed by atoms with Crippen molar-refractivity contribution in [2.75, 3.05) is 0 Å². The van der Waals surface area contributed by atoms with Crippen molar-refractivity contribution in [1.82, 2.24) is 0 Å². The fraction of sp³-hybridized carbons (Fsp3) is 1.00. The molecule has 70 valence electrons. The lowest BCUT2D eigenvalue weighted by Gasteiger charge is -2.28. The van der Waals surface area contributed by atoms with Crippen LogP contribution >= 0.6 is 0 Å². The van der Waals surface area contributed by atoms with Crippen LogP contribution in [0.3, 0.4) is 0 Å². The lowest BCUT2D eigenvalue weighted by Crippen LogP contribution is -2.21. The van der Waals surface area contributed by atoms with Gasteiger partial charge in [0, 0.05) is 6.04 Å². The summed E-state index contributed by atoms with van der Waals surface area (Å²) >= 11 is 0. The van der Waals surface area contributed by atoms with E-state index < -0.39 is 0 Å². The molecule has 2 fully saturated rings. The Balaban J connectivity index is 1.78. The quantitative estimate of drug-likeness (QED) is 0.672. The Bertz CT molecular complexity index is 156. The van der Waals surface area contributed by atoms with Crippen molar-refractivity contribution in [3.63, 3.8) is 0 Å². The van der Waals surface area contributed by atoms with Crippen LogP contribution in [-0.2, 0) is 0 Å². The van der Waals surface area contributed by atoms with Gasteiger partial charge in [-0.3, -0.25) is 0 Å². The number of hydrogen-bond donors (Lipinski definition) is 1. The number of rotatable bonds is 2. The molecule has 2 N–H and O–H groups in total. The highest BCUT2D eigenvalue weighted by atomic mass is 14.8. The first-order valence-electron chi connectivity index (χ1n) is 5.52. The van der Waals surface area contributed by atoms with Crippen LogP contribution in [0.15, 0.2) is 0 Å². The third-order valence-corrected chi connectivity index (χ3v) is 4.05. The maximum Gasteiger partial charge on any atom is 0.0102 e. The van der Waals surface area contributed by atoms with Crippen LogP contribution in [0, 0.1) is 11.3 Å². The van der Waals surface area contributed by atoms with E-state index in [-0.39, 0.29) is 0 Å². The molecule has 0 aromatic carbocycles. The van der Waals surface area contributed by atoms with E-state index in [9.17, 15) is 0 Å². The zero-order chi connectivity index (χ0) is 8.60. The van der Waals surface area contributed by atoms with Crippen molar-refractivity contribution >= 4 is 0 Å². The molecular weight excluding hydrogens is 146 g/mol. The van der Waals surface area contributed by atoms with Gasteiger partial charge in [-0.15, -0.1) is 0 Å². The summed E-state index contributed by atoms with van der Waals surface area (Å²) in [4.78, 5) is 0. The van der Waals surface area contributed by atoms with Gasteiger partial charge in [-0.05, 0) is 43.4 Å². The van der Waals surface area contributed by atoms with Crippen LogP contribution in [0.2, 0.25) is 0 Å². The predicted octanol–water partition coefficient (Wildman–Crippen LogP) is 2.69. The molecule has 0 amide bonds. The molecule has 0 aromatic heterocycles. The minimum atomic E-state index is 0.570. The van der Waals surface area contributed by atoms with Crippen molar-refractivity contribution in [2.24, 2.45) is 17.1 Å². The molecule has 2 aliphatic carbocycles. The lowest BCUT2D eigenvalue weighted by molar-refractivity contribution is 0.240. The summed E-state index contributed by atoms with van der Waals surface area (Å²) in [7, 11) is 0. The van der Waals surface area contributed by atoms with E-state index in [4.69, 9.17) is 5.73 Å². The minimum Gasteiger partial charge on any atom is -0.327 e. The first-order valence-corrected chi connectivity index (χ1v) is 5.52. The monoisotopic (exact) mass is 167 g/mol. The maximum atomic E-state index is 5.95. The molecule has 1 atom stereocenters. The zero-order valence-corrected chi connectivity index (χ0v) is 8.18.